The Balaban J connectivity index is 1.84. The fourth-order valence-electron chi connectivity index (χ4n) is 2.36. The van der Waals surface area contributed by atoms with E-state index in [4.69, 9.17) is 0 Å². The minimum Gasteiger partial charge on any atom is -0.344 e. The van der Waals surface area contributed by atoms with Gasteiger partial charge in [-0.3, -0.25) is 9.78 Å². The van der Waals surface area contributed by atoms with E-state index >= 15 is 0 Å². The first-order valence-corrected chi connectivity index (χ1v) is 6.55. The van der Waals surface area contributed by atoms with Gasteiger partial charge < -0.3 is 10.2 Å². The van der Waals surface area contributed by atoms with E-state index in [2.05, 4.69) is 17.2 Å². The van der Waals surface area contributed by atoms with Crippen molar-refractivity contribution >= 4 is 5.91 Å². The van der Waals surface area contributed by atoms with Crippen LogP contribution >= 0.6 is 0 Å². The maximum atomic E-state index is 12.2. The van der Waals surface area contributed by atoms with Crippen LogP contribution in [0.25, 0.3) is 0 Å². The average molecular weight is 247 g/mol. The highest BCUT2D eigenvalue weighted by molar-refractivity contribution is 5.82. The van der Waals surface area contributed by atoms with Crippen LogP contribution in [0.1, 0.15) is 18.9 Å². The summed E-state index contributed by atoms with van der Waals surface area (Å²) >= 11 is 0. The van der Waals surface area contributed by atoms with E-state index in [1.54, 1.807) is 12.4 Å². The quantitative estimate of drug-likeness (QED) is 0.866. The molecule has 1 aromatic heterocycles. The molecule has 2 rings (SSSR count). The Morgan fingerprint density at radius 1 is 1.50 bits per heavy atom. The third kappa shape index (κ3) is 3.07. The summed E-state index contributed by atoms with van der Waals surface area (Å²) in [6.45, 7) is 3.85. The van der Waals surface area contributed by atoms with Gasteiger partial charge in [0, 0.05) is 26.0 Å². The van der Waals surface area contributed by atoms with E-state index < -0.39 is 0 Å². The van der Waals surface area contributed by atoms with Crippen LogP contribution < -0.4 is 5.32 Å². The monoisotopic (exact) mass is 247 g/mol. The molecule has 1 saturated heterocycles. The van der Waals surface area contributed by atoms with Crippen molar-refractivity contribution in [2.45, 2.75) is 25.8 Å². The van der Waals surface area contributed by atoms with E-state index in [-0.39, 0.29) is 11.9 Å². The molecule has 0 bridgehead atoms. The second-order valence-electron chi connectivity index (χ2n) is 5.06. The van der Waals surface area contributed by atoms with Crippen molar-refractivity contribution < 1.29 is 4.79 Å². The zero-order valence-corrected chi connectivity index (χ0v) is 11.1. The molecule has 0 aliphatic carbocycles. The van der Waals surface area contributed by atoms with Gasteiger partial charge in [-0.1, -0.05) is 6.92 Å². The van der Waals surface area contributed by atoms with Gasteiger partial charge in [0.2, 0.25) is 5.91 Å². The van der Waals surface area contributed by atoms with Gasteiger partial charge in [0.1, 0.15) is 0 Å². The van der Waals surface area contributed by atoms with Crippen molar-refractivity contribution in [1.29, 1.82) is 0 Å². The third-order valence-electron chi connectivity index (χ3n) is 3.66. The number of nitrogens with zero attached hydrogens (tertiary/aromatic N) is 2. The van der Waals surface area contributed by atoms with Gasteiger partial charge in [-0.15, -0.1) is 0 Å². The second-order valence-corrected chi connectivity index (χ2v) is 5.06. The Kier molecular flexibility index (Phi) is 4.31. The predicted molar refractivity (Wildman–Crippen MR) is 71.1 cm³/mol. The standard InChI is InChI=1S/C14H21N3O/c1-11-3-9-16-13(11)14(18)17(2)10-6-12-4-7-15-8-5-12/h4-5,7-8,11,13,16H,3,6,9-10H2,1-2H3. The molecule has 4 nitrogen and oxygen atoms in total. The Labute approximate surface area is 108 Å². The van der Waals surface area contributed by atoms with Gasteiger partial charge in [-0.2, -0.15) is 0 Å². The maximum Gasteiger partial charge on any atom is 0.239 e. The van der Waals surface area contributed by atoms with Crippen molar-refractivity contribution in [2.75, 3.05) is 20.1 Å². The number of hydrogen-bond donors (Lipinski definition) is 1. The van der Waals surface area contributed by atoms with Crippen molar-refractivity contribution in [3.63, 3.8) is 0 Å². The van der Waals surface area contributed by atoms with Crippen LogP contribution in [0.15, 0.2) is 24.5 Å². The SMILES string of the molecule is CC1CCNC1C(=O)N(C)CCc1ccncc1. The number of hydrogen-bond acceptors (Lipinski definition) is 3. The van der Waals surface area contributed by atoms with Crippen LogP contribution in [0.3, 0.4) is 0 Å². The molecule has 4 heteroatoms. The molecule has 1 N–H and O–H groups in total. The summed E-state index contributed by atoms with van der Waals surface area (Å²) in [6.07, 6.45) is 5.55. The van der Waals surface area contributed by atoms with Gasteiger partial charge in [0.25, 0.3) is 0 Å². The first-order valence-electron chi connectivity index (χ1n) is 6.55. The lowest BCUT2D eigenvalue weighted by molar-refractivity contribution is -0.132. The maximum absolute atomic E-state index is 12.2. The molecule has 2 unspecified atom stereocenters. The van der Waals surface area contributed by atoms with Gasteiger partial charge in [-0.25, -0.2) is 0 Å². The lowest BCUT2D eigenvalue weighted by atomic mass is 10.0. The van der Waals surface area contributed by atoms with Crippen molar-refractivity contribution in [2.24, 2.45) is 5.92 Å². The van der Waals surface area contributed by atoms with Crippen LogP contribution in [0.4, 0.5) is 0 Å². The summed E-state index contributed by atoms with van der Waals surface area (Å²) in [6, 6.07) is 4.00. The van der Waals surface area contributed by atoms with Crippen LogP contribution in [-0.4, -0.2) is 42.0 Å². The molecule has 0 spiro atoms. The zero-order valence-electron chi connectivity index (χ0n) is 11.1. The summed E-state index contributed by atoms with van der Waals surface area (Å²) < 4.78 is 0. The van der Waals surface area contributed by atoms with Gasteiger partial charge in [0.15, 0.2) is 0 Å². The molecule has 1 amide bonds. The molecule has 1 aromatic rings. The number of carbonyl (C=O) groups is 1. The number of nitrogens with one attached hydrogen (secondary N) is 1. The average Bonchev–Trinajstić information content (AvgIpc) is 2.82. The molecular formula is C14H21N3O. The van der Waals surface area contributed by atoms with Crippen molar-refractivity contribution in [3.8, 4) is 0 Å². The number of pyridine rings is 1. The minimum atomic E-state index is 0.00689. The first kappa shape index (κ1) is 13.0. The molecule has 0 saturated carbocycles. The highest BCUT2D eigenvalue weighted by Crippen LogP contribution is 2.16. The van der Waals surface area contributed by atoms with Crippen molar-refractivity contribution in [1.82, 2.24) is 15.2 Å². The minimum absolute atomic E-state index is 0.00689. The van der Waals surface area contributed by atoms with Gasteiger partial charge in [0.05, 0.1) is 6.04 Å². The van der Waals surface area contributed by atoms with Crippen LogP contribution in [0, 0.1) is 5.92 Å². The summed E-state index contributed by atoms with van der Waals surface area (Å²) in [5, 5.41) is 3.28. The fraction of sp³-hybridized carbons (Fsp3) is 0.571. The Morgan fingerprint density at radius 3 is 2.83 bits per heavy atom. The molecule has 1 aliphatic rings. The van der Waals surface area contributed by atoms with E-state index in [9.17, 15) is 4.79 Å². The Morgan fingerprint density at radius 2 is 2.22 bits per heavy atom. The zero-order chi connectivity index (χ0) is 13.0. The van der Waals surface area contributed by atoms with Gasteiger partial charge in [-0.05, 0) is 43.0 Å². The molecule has 1 fully saturated rings. The summed E-state index contributed by atoms with van der Waals surface area (Å²) in [4.78, 5) is 18.1. The molecule has 98 valence electrons. The number of likely N-dealkylation sites (N-methyl/N-ethyl adjacent to an activating group) is 1. The van der Waals surface area contributed by atoms with Crippen LogP contribution in [0.5, 0.6) is 0 Å². The van der Waals surface area contributed by atoms with E-state index in [0.717, 1.165) is 25.9 Å². The second kappa shape index (κ2) is 5.96. The lowest BCUT2D eigenvalue weighted by Crippen LogP contribution is -2.44. The molecule has 1 aliphatic heterocycles. The smallest absolute Gasteiger partial charge is 0.239 e. The number of aromatic nitrogens is 1. The van der Waals surface area contributed by atoms with Gasteiger partial charge >= 0.3 is 0 Å². The highest BCUT2D eigenvalue weighted by atomic mass is 16.2. The Bertz CT molecular complexity index is 393. The van der Waals surface area contributed by atoms with Crippen LogP contribution in [-0.2, 0) is 11.2 Å². The molecule has 2 atom stereocenters. The number of rotatable bonds is 4. The molecule has 0 radical (unpaired) electrons. The highest BCUT2D eigenvalue weighted by Gasteiger charge is 2.30. The largest absolute Gasteiger partial charge is 0.344 e. The van der Waals surface area contributed by atoms with Crippen LogP contribution in [0.2, 0.25) is 0 Å². The molecule has 2 heterocycles. The molecule has 0 aromatic carbocycles. The van der Waals surface area contributed by atoms with E-state index in [1.165, 1.54) is 5.56 Å². The van der Waals surface area contributed by atoms with E-state index in [0.29, 0.717) is 5.92 Å². The third-order valence-corrected chi connectivity index (χ3v) is 3.66. The summed E-state index contributed by atoms with van der Waals surface area (Å²) in [5.41, 5.74) is 1.22. The fourth-order valence-corrected chi connectivity index (χ4v) is 2.36. The topological polar surface area (TPSA) is 45.2 Å². The number of amides is 1. The molecular weight excluding hydrogens is 226 g/mol. The lowest BCUT2D eigenvalue weighted by Gasteiger charge is -2.23. The van der Waals surface area contributed by atoms with E-state index in [1.807, 2.05) is 24.1 Å². The summed E-state index contributed by atoms with van der Waals surface area (Å²) in [7, 11) is 1.89. The molecule has 18 heavy (non-hydrogen) atoms. The summed E-state index contributed by atoms with van der Waals surface area (Å²) in [5.74, 6) is 0.662. The normalized spacial score (nSPS) is 23.0. The number of carbonyl (C=O) groups excluding carboxylic acids is 1. The Hall–Kier alpha value is -1.42. The van der Waals surface area contributed by atoms with Crippen molar-refractivity contribution in [3.05, 3.63) is 30.1 Å². The first-order chi connectivity index (χ1) is 8.68. The predicted octanol–water partition coefficient (Wildman–Crippen LogP) is 1.08.